The number of carboxylic acid groups (broad SMARTS) is 1. The number of rotatable bonds is 4. The van der Waals surface area contributed by atoms with E-state index in [1.54, 1.807) is 0 Å². The summed E-state index contributed by atoms with van der Waals surface area (Å²) in [5.41, 5.74) is -0.221. The lowest BCUT2D eigenvalue weighted by molar-refractivity contribution is -0.179. The third-order valence-corrected chi connectivity index (χ3v) is 9.61. The van der Waals surface area contributed by atoms with Crippen LogP contribution >= 0.6 is 0 Å². The summed E-state index contributed by atoms with van der Waals surface area (Å²) in [5, 5.41) is 41.7. The van der Waals surface area contributed by atoms with Gasteiger partial charge in [0.2, 0.25) is 0 Å². The largest absolute Gasteiger partial charge is 0.481 e. The van der Waals surface area contributed by atoms with Crippen molar-refractivity contribution in [3.05, 3.63) is 0 Å². The number of hydrogen-bond donors (Lipinski definition) is 4. The van der Waals surface area contributed by atoms with E-state index < -0.39 is 5.97 Å². The molecular weight excluding hydrogens is 356 g/mol. The standard InChI is InChI=1S/C23H38O5/c1-12(3-8-21(27)28)17-6-7-18-22-16(11-20(26)23(17,18)2)15-5-4-14(24)9-13(15)10-19(22)25/h12-20,22,24-26H,3-11H2,1-2H3,(H,27,28)/t12-,13+,14-,15+,16-,17?,18+,19-,20+,22-,23-/m1/s1. The molecule has 160 valence electrons. The summed E-state index contributed by atoms with van der Waals surface area (Å²) in [7, 11) is 0. The van der Waals surface area contributed by atoms with Crippen LogP contribution in [0.4, 0.5) is 0 Å². The van der Waals surface area contributed by atoms with E-state index in [4.69, 9.17) is 5.11 Å². The van der Waals surface area contributed by atoms with Crippen LogP contribution in [0.3, 0.4) is 0 Å². The van der Waals surface area contributed by atoms with Crippen molar-refractivity contribution in [2.75, 3.05) is 0 Å². The molecule has 4 aliphatic rings. The molecule has 5 heteroatoms. The number of fused-ring (bicyclic) bond motifs is 5. The van der Waals surface area contributed by atoms with Crippen molar-refractivity contribution in [1.82, 2.24) is 0 Å². The molecule has 0 spiro atoms. The minimum atomic E-state index is -0.746. The van der Waals surface area contributed by atoms with E-state index in [1.807, 2.05) is 0 Å². The van der Waals surface area contributed by atoms with Gasteiger partial charge in [-0.1, -0.05) is 13.8 Å². The Morgan fingerprint density at radius 2 is 1.79 bits per heavy atom. The average Bonchev–Trinajstić information content (AvgIpc) is 2.98. The lowest BCUT2D eigenvalue weighted by Crippen LogP contribution is -2.59. The first kappa shape index (κ1) is 20.6. The first-order valence-electron chi connectivity index (χ1n) is 11.5. The van der Waals surface area contributed by atoms with Crippen LogP contribution in [0.15, 0.2) is 0 Å². The number of carbonyl (C=O) groups is 1. The maximum Gasteiger partial charge on any atom is 0.303 e. The third-order valence-electron chi connectivity index (χ3n) is 9.61. The highest BCUT2D eigenvalue weighted by Crippen LogP contribution is 2.65. The van der Waals surface area contributed by atoms with Crippen LogP contribution in [0.1, 0.15) is 71.6 Å². The predicted molar refractivity (Wildman–Crippen MR) is 105 cm³/mol. The summed E-state index contributed by atoms with van der Waals surface area (Å²) < 4.78 is 0. The van der Waals surface area contributed by atoms with Crippen molar-refractivity contribution in [1.29, 1.82) is 0 Å². The molecule has 4 saturated carbocycles. The molecule has 0 amide bonds. The number of aliphatic hydroxyl groups is 3. The van der Waals surface area contributed by atoms with Crippen molar-refractivity contribution >= 4 is 5.97 Å². The van der Waals surface area contributed by atoms with E-state index in [0.29, 0.717) is 36.0 Å². The summed E-state index contributed by atoms with van der Waals surface area (Å²) in [5.74, 6) is 1.71. The molecule has 0 bridgehead atoms. The lowest BCUT2D eigenvalue weighted by atomic mass is 9.47. The Morgan fingerprint density at radius 1 is 1.04 bits per heavy atom. The van der Waals surface area contributed by atoms with Gasteiger partial charge in [0.1, 0.15) is 0 Å². The zero-order valence-corrected chi connectivity index (χ0v) is 17.3. The molecule has 28 heavy (non-hydrogen) atoms. The second kappa shape index (κ2) is 7.55. The summed E-state index contributed by atoms with van der Waals surface area (Å²) in [4.78, 5) is 11.0. The second-order valence-corrected chi connectivity index (χ2v) is 10.8. The van der Waals surface area contributed by atoms with Crippen LogP contribution in [0, 0.1) is 46.8 Å². The van der Waals surface area contributed by atoms with Crippen molar-refractivity contribution < 1.29 is 25.2 Å². The van der Waals surface area contributed by atoms with Crippen LogP contribution in [0.5, 0.6) is 0 Å². The molecule has 4 fully saturated rings. The van der Waals surface area contributed by atoms with Gasteiger partial charge in [-0.3, -0.25) is 4.79 Å². The smallest absolute Gasteiger partial charge is 0.303 e. The molecule has 0 radical (unpaired) electrons. The van der Waals surface area contributed by atoms with Gasteiger partial charge in [0, 0.05) is 6.42 Å². The number of carboxylic acids is 1. The zero-order valence-electron chi connectivity index (χ0n) is 17.3. The van der Waals surface area contributed by atoms with Gasteiger partial charge in [0.15, 0.2) is 0 Å². The van der Waals surface area contributed by atoms with E-state index in [2.05, 4.69) is 13.8 Å². The Hall–Kier alpha value is -0.650. The molecule has 0 aromatic carbocycles. The van der Waals surface area contributed by atoms with E-state index in [9.17, 15) is 20.1 Å². The normalized spacial score (nSPS) is 51.7. The molecule has 4 rings (SSSR count). The molecule has 5 nitrogen and oxygen atoms in total. The number of hydrogen-bond acceptors (Lipinski definition) is 4. The average molecular weight is 395 g/mol. The first-order chi connectivity index (χ1) is 13.2. The monoisotopic (exact) mass is 394 g/mol. The van der Waals surface area contributed by atoms with Crippen LogP contribution in [0.25, 0.3) is 0 Å². The molecule has 4 N–H and O–H groups in total. The third kappa shape index (κ3) is 3.22. The maximum atomic E-state index is 11.4. The fourth-order valence-corrected chi connectivity index (χ4v) is 8.35. The minimum Gasteiger partial charge on any atom is -0.481 e. The summed E-state index contributed by atoms with van der Waals surface area (Å²) in [6.45, 7) is 4.37. The molecule has 1 unspecified atom stereocenters. The highest BCUT2D eigenvalue weighted by Gasteiger charge is 2.63. The maximum absolute atomic E-state index is 11.4. The Bertz CT molecular complexity index is 594. The van der Waals surface area contributed by atoms with Gasteiger partial charge in [-0.25, -0.2) is 0 Å². The van der Waals surface area contributed by atoms with Crippen molar-refractivity contribution in [3.63, 3.8) is 0 Å². The van der Waals surface area contributed by atoms with Crippen molar-refractivity contribution in [2.24, 2.45) is 46.8 Å². The molecule has 0 aliphatic heterocycles. The Morgan fingerprint density at radius 3 is 2.50 bits per heavy atom. The summed E-state index contributed by atoms with van der Waals surface area (Å²) in [6.07, 6.45) is 6.21. The van der Waals surface area contributed by atoms with Crippen molar-refractivity contribution in [3.8, 4) is 0 Å². The van der Waals surface area contributed by atoms with E-state index in [-0.39, 0.29) is 42.0 Å². The van der Waals surface area contributed by atoms with E-state index >= 15 is 0 Å². The fourth-order valence-electron chi connectivity index (χ4n) is 8.35. The number of aliphatic hydroxyl groups excluding tert-OH is 3. The SMILES string of the molecule is C[C@H](CCC(=O)O)C1CC[C@H]2[C@H]3[C@H](C[C@H](O)[C@]12C)[C@H]1CC[C@@H](O)C[C@H]1C[C@H]3O. The van der Waals surface area contributed by atoms with Crippen molar-refractivity contribution in [2.45, 2.75) is 89.9 Å². The molecule has 11 atom stereocenters. The predicted octanol–water partition coefficient (Wildman–Crippen LogP) is 3.06. The highest BCUT2D eigenvalue weighted by atomic mass is 16.4. The molecule has 0 aromatic rings. The summed E-state index contributed by atoms with van der Waals surface area (Å²) >= 11 is 0. The van der Waals surface area contributed by atoms with Crippen LogP contribution in [0.2, 0.25) is 0 Å². The summed E-state index contributed by atoms with van der Waals surface area (Å²) in [6, 6.07) is 0. The Kier molecular flexibility index (Phi) is 5.56. The van der Waals surface area contributed by atoms with Gasteiger partial charge >= 0.3 is 5.97 Å². The second-order valence-electron chi connectivity index (χ2n) is 10.8. The quantitative estimate of drug-likeness (QED) is 0.587. The topological polar surface area (TPSA) is 98.0 Å². The van der Waals surface area contributed by atoms with Crippen LogP contribution in [-0.2, 0) is 4.79 Å². The van der Waals surface area contributed by atoms with Gasteiger partial charge in [0.25, 0.3) is 0 Å². The van der Waals surface area contributed by atoms with Gasteiger partial charge < -0.3 is 20.4 Å². The molecule has 0 heterocycles. The Balaban J connectivity index is 1.56. The zero-order chi connectivity index (χ0) is 20.2. The van der Waals surface area contributed by atoms with Gasteiger partial charge in [0.05, 0.1) is 18.3 Å². The van der Waals surface area contributed by atoms with Gasteiger partial charge in [-0.15, -0.1) is 0 Å². The minimum absolute atomic E-state index is 0.190. The van der Waals surface area contributed by atoms with E-state index in [0.717, 1.165) is 44.9 Å². The molecular formula is C23H38O5. The lowest BCUT2D eigenvalue weighted by Gasteiger charge is -2.59. The Labute approximate surface area is 168 Å². The number of aliphatic carboxylic acids is 1. The molecule has 4 aliphatic carbocycles. The highest BCUT2D eigenvalue weighted by molar-refractivity contribution is 5.66. The first-order valence-corrected chi connectivity index (χ1v) is 11.5. The molecule has 0 aromatic heterocycles. The van der Waals surface area contributed by atoms with E-state index in [1.165, 1.54) is 0 Å². The van der Waals surface area contributed by atoms with Gasteiger partial charge in [-0.05, 0) is 98.2 Å². The van der Waals surface area contributed by atoms with Crippen LogP contribution in [-0.4, -0.2) is 44.7 Å². The van der Waals surface area contributed by atoms with Gasteiger partial charge in [-0.2, -0.15) is 0 Å². The molecule has 0 saturated heterocycles. The van der Waals surface area contributed by atoms with Crippen LogP contribution < -0.4 is 0 Å². The fraction of sp³-hybridized carbons (Fsp3) is 0.957.